The number of rotatable bonds is 2. The first kappa shape index (κ1) is 8.29. The van der Waals surface area contributed by atoms with E-state index in [2.05, 4.69) is 20.6 Å². The first-order valence-electron chi connectivity index (χ1n) is 2.98. The van der Waals surface area contributed by atoms with Gasteiger partial charge in [0.15, 0.2) is 0 Å². The molecule has 0 N–H and O–H groups in total. The van der Waals surface area contributed by atoms with Crippen molar-refractivity contribution >= 4 is 27.0 Å². The average Bonchev–Trinajstić information content (AvgIpc) is 2.07. The molecule has 0 saturated heterocycles. The summed E-state index contributed by atoms with van der Waals surface area (Å²) in [6, 6.07) is 3.74. The average molecular weight is 185 g/mol. The lowest BCUT2D eigenvalue weighted by molar-refractivity contribution is 1.04. The van der Waals surface area contributed by atoms with Crippen LogP contribution in [0.15, 0.2) is 29.0 Å². The van der Waals surface area contributed by atoms with Gasteiger partial charge < -0.3 is 0 Å². The molecule has 0 spiro atoms. The van der Waals surface area contributed by atoms with Crippen molar-refractivity contribution in [2.45, 2.75) is 0 Å². The Balaban J connectivity index is 2.84. The van der Waals surface area contributed by atoms with Gasteiger partial charge in [-0.05, 0) is 12.1 Å². The van der Waals surface area contributed by atoms with Crippen molar-refractivity contribution in [3.8, 4) is 0 Å². The second-order valence-electron chi connectivity index (χ2n) is 1.89. The van der Waals surface area contributed by atoms with Gasteiger partial charge in [-0.2, -0.15) is 0 Å². The maximum Gasteiger partial charge on any atom is 0.0631 e. The minimum atomic E-state index is 0.984. The molecule has 0 aliphatic carbocycles. The summed E-state index contributed by atoms with van der Waals surface area (Å²) in [4.78, 5) is 3.89. The number of pyridine rings is 1. The van der Waals surface area contributed by atoms with E-state index in [9.17, 15) is 0 Å². The summed E-state index contributed by atoms with van der Waals surface area (Å²) in [7, 11) is 2.86. The molecule has 1 heterocycles. The predicted molar refractivity (Wildman–Crippen MR) is 49.8 cm³/mol. The Hall–Kier alpha value is -0.810. The van der Waals surface area contributed by atoms with Crippen molar-refractivity contribution in [1.82, 2.24) is 4.98 Å². The largest absolute Gasteiger partial charge is 0.265 e. The van der Waals surface area contributed by atoms with Crippen LogP contribution in [0, 0.1) is 0 Å². The van der Waals surface area contributed by atoms with E-state index in [1.54, 1.807) is 17.4 Å². The second-order valence-corrected chi connectivity index (χ2v) is 2.64. The fraction of sp³-hybridized carbons (Fsp3) is 0.167. The third kappa shape index (κ3) is 2.36. The van der Waals surface area contributed by atoms with Gasteiger partial charge in [0, 0.05) is 30.6 Å². The molecule has 0 aliphatic heterocycles. The van der Waals surface area contributed by atoms with Crippen LogP contribution in [0.5, 0.6) is 0 Å². The van der Waals surface area contributed by atoms with E-state index >= 15 is 0 Å². The van der Waals surface area contributed by atoms with E-state index in [0.29, 0.717) is 0 Å². The quantitative estimate of drug-likeness (QED) is 0.647. The molecule has 58 valence electrons. The zero-order valence-electron chi connectivity index (χ0n) is 5.97. The van der Waals surface area contributed by atoms with Gasteiger partial charge in [0.25, 0.3) is 0 Å². The highest BCUT2D eigenvalue weighted by Crippen LogP contribution is 2.08. The molecule has 0 atom stereocenters. The van der Waals surface area contributed by atoms with Gasteiger partial charge in [-0.3, -0.25) is 9.99 Å². The summed E-state index contributed by atoms with van der Waals surface area (Å²) in [5, 5.41) is 1.71. The number of nitrogens with zero attached hydrogens (tertiary/aromatic N) is 3. The van der Waals surface area contributed by atoms with Crippen LogP contribution in [0.2, 0.25) is 0 Å². The minimum Gasteiger partial charge on any atom is -0.265 e. The SMILES string of the molecule is CN(N=S=S)c1ccncc1. The fourth-order valence-electron chi connectivity index (χ4n) is 0.657. The molecule has 0 fully saturated rings. The summed E-state index contributed by atoms with van der Waals surface area (Å²) in [5.74, 6) is 0. The van der Waals surface area contributed by atoms with Gasteiger partial charge in [-0.15, -0.1) is 4.47 Å². The summed E-state index contributed by atoms with van der Waals surface area (Å²) >= 11 is 4.62. The molecule has 0 amide bonds. The zero-order valence-corrected chi connectivity index (χ0v) is 7.60. The lowest BCUT2D eigenvalue weighted by Crippen LogP contribution is -2.06. The molecular formula is C6H7N3S2. The minimum absolute atomic E-state index is 0.984. The van der Waals surface area contributed by atoms with Crippen LogP contribution in [0.3, 0.4) is 0 Å². The van der Waals surface area contributed by atoms with Gasteiger partial charge in [0.2, 0.25) is 0 Å². The first-order valence-corrected chi connectivity index (χ1v) is 4.68. The van der Waals surface area contributed by atoms with Crippen molar-refractivity contribution in [3.63, 3.8) is 0 Å². The molecule has 1 aromatic heterocycles. The summed E-state index contributed by atoms with van der Waals surface area (Å²) in [6.45, 7) is 0. The van der Waals surface area contributed by atoms with Gasteiger partial charge in [-0.25, -0.2) is 0 Å². The van der Waals surface area contributed by atoms with Crippen LogP contribution in [0.25, 0.3) is 0 Å². The van der Waals surface area contributed by atoms with E-state index < -0.39 is 0 Å². The van der Waals surface area contributed by atoms with E-state index in [1.807, 2.05) is 19.2 Å². The van der Waals surface area contributed by atoms with E-state index in [4.69, 9.17) is 0 Å². The monoisotopic (exact) mass is 185 g/mol. The van der Waals surface area contributed by atoms with Crippen LogP contribution in [-0.4, -0.2) is 12.0 Å². The Labute approximate surface area is 73.4 Å². The van der Waals surface area contributed by atoms with Crippen LogP contribution < -0.4 is 5.01 Å². The highest BCUT2D eigenvalue weighted by atomic mass is 32.8. The number of aromatic nitrogens is 1. The Morgan fingerprint density at radius 1 is 1.55 bits per heavy atom. The maximum absolute atomic E-state index is 4.62. The molecule has 1 aromatic rings. The van der Waals surface area contributed by atoms with Crippen molar-refractivity contribution in [3.05, 3.63) is 24.5 Å². The van der Waals surface area contributed by atoms with Crippen molar-refractivity contribution in [2.75, 3.05) is 12.1 Å². The van der Waals surface area contributed by atoms with Gasteiger partial charge in [0.1, 0.15) is 0 Å². The lowest BCUT2D eigenvalue weighted by atomic mass is 10.4. The molecule has 0 unspecified atom stereocenters. The van der Waals surface area contributed by atoms with E-state index in [-0.39, 0.29) is 0 Å². The molecule has 11 heavy (non-hydrogen) atoms. The molecule has 0 aromatic carbocycles. The Kier molecular flexibility index (Phi) is 3.13. The van der Waals surface area contributed by atoms with Gasteiger partial charge in [-0.1, -0.05) is 0 Å². The number of anilines is 1. The smallest absolute Gasteiger partial charge is 0.0631 e. The topological polar surface area (TPSA) is 28.5 Å². The third-order valence-corrected chi connectivity index (χ3v) is 1.70. The van der Waals surface area contributed by atoms with Crippen LogP contribution in [0.4, 0.5) is 5.69 Å². The van der Waals surface area contributed by atoms with Crippen molar-refractivity contribution in [1.29, 1.82) is 0 Å². The molecule has 0 aliphatic rings. The molecule has 3 nitrogen and oxygen atoms in total. The third-order valence-electron chi connectivity index (χ3n) is 1.19. The number of hydrogen-bond donors (Lipinski definition) is 0. The Bertz CT molecular complexity index is 268. The summed E-state index contributed by atoms with van der Waals surface area (Å²) < 4.78 is 3.93. The molecule has 0 bridgehead atoms. The highest BCUT2D eigenvalue weighted by molar-refractivity contribution is 8.12. The normalized spacial score (nSPS) is 8.82. The maximum atomic E-state index is 4.62. The molecule has 0 saturated carbocycles. The van der Waals surface area contributed by atoms with E-state index in [0.717, 1.165) is 15.8 Å². The Morgan fingerprint density at radius 2 is 2.18 bits per heavy atom. The molecule has 0 radical (unpaired) electrons. The standard InChI is InChI=1S/C6H7N3S2/c1-9(8-11-10)6-2-4-7-5-3-6/h2-5H,1H3. The lowest BCUT2D eigenvalue weighted by Gasteiger charge is -2.08. The van der Waals surface area contributed by atoms with Crippen molar-refractivity contribution in [2.24, 2.45) is 4.47 Å². The summed E-state index contributed by atoms with van der Waals surface area (Å²) in [6.07, 6.45) is 3.44. The predicted octanol–water partition coefficient (Wildman–Crippen LogP) is 1.16. The number of hydrogen-bond acceptors (Lipinski definition) is 3. The molecular weight excluding hydrogens is 178 g/mol. The van der Waals surface area contributed by atoms with Crippen LogP contribution >= 0.6 is 0 Å². The van der Waals surface area contributed by atoms with Gasteiger partial charge in [0.05, 0.1) is 15.8 Å². The summed E-state index contributed by atoms with van der Waals surface area (Å²) in [5.41, 5.74) is 0.984. The highest BCUT2D eigenvalue weighted by Gasteiger charge is 1.93. The fourth-order valence-corrected chi connectivity index (χ4v) is 1.15. The van der Waals surface area contributed by atoms with Crippen LogP contribution in [-0.2, 0) is 21.3 Å². The first-order chi connectivity index (χ1) is 5.34. The van der Waals surface area contributed by atoms with Crippen molar-refractivity contribution < 1.29 is 0 Å². The van der Waals surface area contributed by atoms with Crippen LogP contribution in [0.1, 0.15) is 0 Å². The van der Waals surface area contributed by atoms with E-state index in [1.165, 1.54) is 0 Å². The zero-order chi connectivity index (χ0) is 8.10. The van der Waals surface area contributed by atoms with Gasteiger partial charge >= 0.3 is 0 Å². The second kappa shape index (κ2) is 4.15. The molecule has 5 heteroatoms. The molecule has 1 rings (SSSR count). The Morgan fingerprint density at radius 3 is 2.73 bits per heavy atom.